The van der Waals surface area contributed by atoms with E-state index in [0.29, 0.717) is 0 Å². The molecule has 1 saturated heterocycles. The van der Waals surface area contributed by atoms with E-state index in [1.165, 1.54) is 5.69 Å². The number of rotatable bonds is 9. The van der Waals surface area contributed by atoms with Crippen molar-refractivity contribution in [1.82, 2.24) is 10.2 Å². The summed E-state index contributed by atoms with van der Waals surface area (Å²) in [7, 11) is 0. The third-order valence-electron chi connectivity index (χ3n) is 4.87. The van der Waals surface area contributed by atoms with Crippen molar-refractivity contribution < 1.29 is 4.79 Å². The van der Waals surface area contributed by atoms with Gasteiger partial charge < -0.3 is 10.2 Å². The second-order valence-corrected chi connectivity index (χ2v) is 6.73. The van der Waals surface area contributed by atoms with Crippen LogP contribution in [0.1, 0.15) is 39.5 Å². The number of nitrogens with zero attached hydrogens (tertiary/aromatic N) is 2. The lowest BCUT2D eigenvalue weighted by Gasteiger charge is -2.36. The first-order chi connectivity index (χ1) is 11.7. The van der Waals surface area contributed by atoms with E-state index in [4.69, 9.17) is 0 Å². The molecule has 1 N–H and O–H groups in total. The van der Waals surface area contributed by atoms with Gasteiger partial charge in [0.2, 0.25) is 5.91 Å². The van der Waals surface area contributed by atoms with Gasteiger partial charge in [0.25, 0.3) is 0 Å². The number of carbonyl (C=O) groups is 1. The number of benzene rings is 1. The molecule has 0 saturated carbocycles. The third kappa shape index (κ3) is 5.82. The molecule has 0 spiro atoms. The van der Waals surface area contributed by atoms with Crippen molar-refractivity contribution in [3.8, 4) is 0 Å². The Balaban J connectivity index is 1.66. The monoisotopic (exact) mass is 331 g/mol. The molecule has 1 aromatic rings. The van der Waals surface area contributed by atoms with E-state index < -0.39 is 0 Å². The van der Waals surface area contributed by atoms with Gasteiger partial charge in [-0.15, -0.1) is 0 Å². The Labute approximate surface area is 147 Å². The van der Waals surface area contributed by atoms with Crippen LogP contribution < -0.4 is 10.2 Å². The number of para-hydroxylation sites is 1. The van der Waals surface area contributed by atoms with Crippen LogP contribution in [0, 0.1) is 5.92 Å². The number of hydrogen-bond acceptors (Lipinski definition) is 3. The molecule has 4 heteroatoms. The van der Waals surface area contributed by atoms with E-state index in [2.05, 4.69) is 59.3 Å². The van der Waals surface area contributed by atoms with Gasteiger partial charge in [0.15, 0.2) is 0 Å². The number of carbonyl (C=O) groups excluding carboxylic acids is 1. The fourth-order valence-electron chi connectivity index (χ4n) is 3.45. The summed E-state index contributed by atoms with van der Waals surface area (Å²) in [6, 6.07) is 10.6. The third-order valence-corrected chi connectivity index (χ3v) is 4.87. The highest BCUT2D eigenvalue weighted by atomic mass is 16.1. The van der Waals surface area contributed by atoms with E-state index in [1.807, 2.05) is 0 Å². The van der Waals surface area contributed by atoms with Crippen LogP contribution in [-0.2, 0) is 4.79 Å². The van der Waals surface area contributed by atoms with Crippen LogP contribution >= 0.6 is 0 Å². The topological polar surface area (TPSA) is 35.6 Å². The van der Waals surface area contributed by atoms with Crippen LogP contribution in [0.3, 0.4) is 0 Å². The van der Waals surface area contributed by atoms with Gasteiger partial charge in [-0.3, -0.25) is 9.69 Å². The second-order valence-electron chi connectivity index (χ2n) is 6.73. The summed E-state index contributed by atoms with van der Waals surface area (Å²) in [6.07, 6.45) is 4.18. The fourth-order valence-corrected chi connectivity index (χ4v) is 3.45. The normalized spacial score (nSPS) is 15.7. The molecule has 0 bridgehead atoms. The van der Waals surface area contributed by atoms with Crippen molar-refractivity contribution in [2.75, 3.05) is 44.2 Å². The van der Waals surface area contributed by atoms with Gasteiger partial charge in [-0.05, 0) is 25.0 Å². The average Bonchev–Trinajstić information content (AvgIpc) is 2.63. The van der Waals surface area contributed by atoms with E-state index in [1.54, 1.807) is 0 Å². The molecule has 0 unspecified atom stereocenters. The van der Waals surface area contributed by atoms with Gasteiger partial charge in [-0.1, -0.05) is 44.9 Å². The molecule has 1 aromatic carbocycles. The summed E-state index contributed by atoms with van der Waals surface area (Å²) in [5, 5.41) is 3.15. The summed E-state index contributed by atoms with van der Waals surface area (Å²) >= 11 is 0. The molecule has 1 amide bonds. The Hall–Kier alpha value is -1.55. The zero-order valence-corrected chi connectivity index (χ0v) is 15.3. The summed E-state index contributed by atoms with van der Waals surface area (Å²) in [5.74, 6) is 0.455. The molecule has 1 fully saturated rings. The largest absolute Gasteiger partial charge is 0.369 e. The molecule has 0 radical (unpaired) electrons. The second kappa shape index (κ2) is 10.3. The smallest absolute Gasteiger partial charge is 0.223 e. The molecule has 24 heavy (non-hydrogen) atoms. The number of amides is 1. The molecule has 1 heterocycles. The minimum atomic E-state index is 0.204. The predicted octanol–water partition coefficient (Wildman–Crippen LogP) is 3.14. The molecule has 134 valence electrons. The minimum Gasteiger partial charge on any atom is -0.369 e. The maximum absolute atomic E-state index is 12.3. The SMILES string of the molecule is CCCC(CCC)C(=O)NCCN1CCN(c2ccccc2)CC1. The van der Waals surface area contributed by atoms with Gasteiger partial charge in [-0.2, -0.15) is 0 Å². The van der Waals surface area contributed by atoms with Crippen LogP contribution in [0.2, 0.25) is 0 Å². The highest BCUT2D eigenvalue weighted by Gasteiger charge is 2.18. The number of piperazine rings is 1. The Bertz CT molecular complexity index is 463. The summed E-state index contributed by atoms with van der Waals surface area (Å²) in [6.45, 7) is 10.3. The van der Waals surface area contributed by atoms with Gasteiger partial charge >= 0.3 is 0 Å². The first-order valence-electron chi connectivity index (χ1n) is 9.54. The molecule has 0 atom stereocenters. The maximum atomic E-state index is 12.3. The lowest BCUT2D eigenvalue weighted by atomic mass is 9.97. The summed E-state index contributed by atoms with van der Waals surface area (Å²) < 4.78 is 0. The number of anilines is 1. The van der Waals surface area contributed by atoms with Crippen LogP contribution in [0.5, 0.6) is 0 Å². The fraction of sp³-hybridized carbons (Fsp3) is 0.650. The highest BCUT2D eigenvalue weighted by Crippen LogP contribution is 2.15. The van der Waals surface area contributed by atoms with Crippen LogP contribution in [-0.4, -0.2) is 50.1 Å². The molecular weight excluding hydrogens is 298 g/mol. The Morgan fingerprint density at radius 1 is 1.04 bits per heavy atom. The average molecular weight is 332 g/mol. The Morgan fingerprint density at radius 3 is 2.25 bits per heavy atom. The van der Waals surface area contributed by atoms with Crippen molar-refractivity contribution in [3.63, 3.8) is 0 Å². The van der Waals surface area contributed by atoms with E-state index >= 15 is 0 Å². The standard InChI is InChI=1S/C20H33N3O/c1-3-8-18(9-4-2)20(24)21-12-13-22-14-16-23(17-15-22)19-10-6-5-7-11-19/h5-7,10-11,18H,3-4,8-9,12-17H2,1-2H3,(H,21,24). The Kier molecular flexibility index (Phi) is 8.10. The van der Waals surface area contributed by atoms with E-state index in [-0.39, 0.29) is 11.8 Å². The molecule has 2 rings (SSSR count). The lowest BCUT2D eigenvalue weighted by Crippen LogP contribution is -2.48. The van der Waals surface area contributed by atoms with Crippen molar-refractivity contribution in [2.45, 2.75) is 39.5 Å². The van der Waals surface area contributed by atoms with E-state index in [0.717, 1.165) is 65.0 Å². The van der Waals surface area contributed by atoms with Crippen molar-refractivity contribution in [2.24, 2.45) is 5.92 Å². The number of hydrogen-bond donors (Lipinski definition) is 1. The Morgan fingerprint density at radius 2 is 1.67 bits per heavy atom. The first-order valence-corrected chi connectivity index (χ1v) is 9.54. The van der Waals surface area contributed by atoms with Crippen LogP contribution in [0.4, 0.5) is 5.69 Å². The molecule has 4 nitrogen and oxygen atoms in total. The van der Waals surface area contributed by atoms with Crippen molar-refractivity contribution in [3.05, 3.63) is 30.3 Å². The summed E-state index contributed by atoms with van der Waals surface area (Å²) in [4.78, 5) is 17.2. The molecular formula is C20H33N3O. The molecule has 0 aliphatic carbocycles. The lowest BCUT2D eigenvalue weighted by molar-refractivity contribution is -0.125. The minimum absolute atomic E-state index is 0.204. The van der Waals surface area contributed by atoms with E-state index in [9.17, 15) is 4.79 Å². The molecule has 0 aromatic heterocycles. The first kappa shape index (κ1) is 18.8. The molecule has 1 aliphatic heterocycles. The van der Waals surface area contributed by atoms with Crippen molar-refractivity contribution >= 4 is 11.6 Å². The summed E-state index contributed by atoms with van der Waals surface area (Å²) in [5.41, 5.74) is 1.31. The number of nitrogens with one attached hydrogen (secondary N) is 1. The van der Waals surface area contributed by atoms with Crippen LogP contribution in [0.25, 0.3) is 0 Å². The van der Waals surface area contributed by atoms with Crippen LogP contribution in [0.15, 0.2) is 30.3 Å². The van der Waals surface area contributed by atoms with Gasteiger partial charge in [-0.25, -0.2) is 0 Å². The van der Waals surface area contributed by atoms with Crippen molar-refractivity contribution in [1.29, 1.82) is 0 Å². The zero-order chi connectivity index (χ0) is 17.2. The highest BCUT2D eigenvalue weighted by molar-refractivity contribution is 5.78. The molecule has 1 aliphatic rings. The predicted molar refractivity (Wildman–Crippen MR) is 101 cm³/mol. The maximum Gasteiger partial charge on any atom is 0.223 e. The van der Waals surface area contributed by atoms with Gasteiger partial charge in [0, 0.05) is 50.9 Å². The zero-order valence-electron chi connectivity index (χ0n) is 15.3. The van der Waals surface area contributed by atoms with Gasteiger partial charge in [0.1, 0.15) is 0 Å². The quantitative estimate of drug-likeness (QED) is 0.755. The van der Waals surface area contributed by atoms with Gasteiger partial charge in [0.05, 0.1) is 0 Å².